The SMILES string of the molecule is [2H]C([2H])([2H])n1[c](=[Pt])n(-c2cc(Oc3ccc4c(c3)N(c3cc(C)ccn3)Cc3cc(-c5ccccc5)ccc3-4)cc(C(C)(C)C)c2)c2ccccc21. The van der Waals surface area contributed by atoms with Crippen LogP contribution in [0.15, 0.2) is 128 Å². The summed E-state index contributed by atoms with van der Waals surface area (Å²) in [5.74, 6) is 2.24. The predicted octanol–water partition coefficient (Wildman–Crippen LogP) is 10.8. The third kappa shape index (κ3) is 5.76. The van der Waals surface area contributed by atoms with Gasteiger partial charge in [0.25, 0.3) is 0 Å². The molecule has 2 aromatic heterocycles. The van der Waals surface area contributed by atoms with Crippen molar-refractivity contribution in [3.63, 3.8) is 0 Å². The number of pyridine rings is 1. The van der Waals surface area contributed by atoms with Crippen molar-refractivity contribution in [1.29, 1.82) is 0 Å². The molecular formula is C43H38N4OPt. The Labute approximate surface area is 302 Å². The second kappa shape index (κ2) is 12.2. The summed E-state index contributed by atoms with van der Waals surface area (Å²) in [6.07, 6.45) is 1.86. The van der Waals surface area contributed by atoms with E-state index in [-0.39, 0.29) is 5.41 Å². The third-order valence-electron chi connectivity index (χ3n) is 9.22. The van der Waals surface area contributed by atoms with Crippen molar-refractivity contribution in [2.45, 2.75) is 39.7 Å². The van der Waals surface area contributed by atoms with E-state index in [0.717, 1.165) is 39.4 Å². The van der Waals surface area contributed by atoms with Gasteiger partial charge >= 0.3 is 226 Å². The van der Waals surface area contributed by atoms with Gasteiger partial charge in [-0.2, -0.15) is 0 Å². The number of fused-ring (bicyclic) bond motifs is 4. The molecule has 5 nitrogen and oxygen atoms in total. The van der Waals surface area contributed by atoms with E-state index in [1.54, 1.807) is 0 Å². The van der Waals surface area contributed by atoms with E-state index < -0.39 is 6.98 Å². The van der Waals surface area contributed by atoms with Gasteiger partial charge in [0.05, 0.1) is 0 Å². The summed E-state index contributed by atoms with van der Waals surface area (Å²) >= 11 is 2.12. The quantitative estimate of drug-likeness (QED) is 0.173. The predicted molar refractivity (Wildman–Crippen MR) is 196 cm³/mol. The number of hydrogen-bond donors (Lipinski definition) is 0. The third-order valence-corrected chi connectivity index (χ3v) is 10.2. The van der Waals surface area contributed by atoms with Gasteiger partial charge in [-0.3, -0.25) is 0 Å². The number of rotatable bonds is 5. The molecule has 0 saturated carbocycles. The van der Waals surface area contributed by atoms with Gasteiger partial charge in [-0.05, 0) is 35.7 Å². The zero-order valence-electron chi connectivity index (χ0n) is 30.8. The number of benzene rings is 5. The molecule has 5 aromatic carbocycles. The summed E-state index contributed by atoms with van der Waals surface area (Å²) in [4.78, 5) is 7.07. The van der Waals surface area contributed by atoms with Crippen molar-refractivity contribution in [2.24, 2.45) is 6.98 Å². The van der Waals surface area contributed by atoms with Gasteiger partial charge in [-0.25, -0.2) is 0 Å². The summed E-state index contributed by atoms with van der Waals surface area (Å²) in [5, 5.41) is 0. The molecule has 0 aliphatic carbocycles. The Morgan fingerprint density at radius 2 is 1.53 bits per heavy atom. The number of aryl methyl sites for hydroxylation is 2. The molecule has 3 heterocycles. The van der Waals surface area contributed by atoms with Crippen molar-refractivity contribution in [3.8, 4) is 39.4 Å². The summed E-state index contributed by atoms with van der Waals surface area (Å²) in [6.45, 7) is 6.92. The van der Waals surface area contributed by atoms with Crippen LogP contribution in [0, 0.1) is 10.7 Å². The first-order valence-corrected chi connectivity index (χ1v) is 17.5. The molecular weight excluding hydrogens is 784 g/mol. The minimum atomic E-state index is -2.34. The standard InChI is InChI=1S/C43H38N4O.Pt/c1-29-19-20-44-42(21-29)46-27-32-22-31(30-11-7-6-8-12-30)15-17-37(32)38-18-16-35(26-41(38)46)48-36-24-33(43(2,3)4)23-34(25-36)47-28-45(5)39-13-9-10-14-40(39)47;/h6-26H,27H2,1-5H3;/i5D3;. The number of aromatic nitrogens is 3. The molecule has 6 heteroatoms. The molecule has 0 bridgehead atoms. The molecule has 1 aliphatic heterocycles. The van der Waals surface area contributed by atoms with Gasteiger partial charge in [0.1, 0.15) is 0 Å². The van der Waals surface area contributed by atoms with Gasteiger partial charge in [0.15, 0.2) is 0 Å². The number of imidazole rings is 1. The van der Waals surface area contributed by atoms with E-state index in [1.807, 2.05) is 59.3 Å². The molecule has 246 valence electrons. The average Bonchev–Trinajstić information content (AvgIpc) is 3.43. The molecule has 0 fully saturated rings. The number of para-hydroxylation sites is 2. The van der Waals surface area contributed by atoms with E-state index in [1.165, 1.54) is 26.8 Å². The van der Waals surface area contributed by atoms with Crippen molar-refractivity contribution >= 4 is 22.5 Å². The fraction of sp³-hybridized carbons (Fsp3) is 0.163. The van der Waals surface area contributed by atoms with Gasteiger partial charge in [-0.15, -0.1) is 0 Å². The first-order valence-electron chi connectivity index (χ1n) is 17.9. The number of hydrogen-bond acceptors (Lipinski definition) is 3. The number of ether oxygens (including phenoxy) is 1. The van der Waals surface area contributed by atoms with Crippen LogP contribution in [0.5, 0.6) is 11.5 Å². The second-order valence-corrected chi connectivity index (χ2v) is 14.7. The fourth-order valence-corrected chi connectivity index (χ4v) is 7.50. The van der Waals surface area contributed by atoms with Gasteiger partial charge < -0.3 is 0 Å². The molecule has 8 rings (SSSR count). The Hall–Kier alpha value is -4.99. The van der Waals surface area contributed by atoms with Gasteiger partial charge in [-0.1, -0.05) is 36.4 Å². The maximum absolute atomic E-state index is 8.31. The van der Waals surface area contributed by atoms with Gasteiger partial charge in [0.2, 0.25) is 0 Å². The van der Waals surface area contributed by atoms with E-state index in [0.29, 0.717) is 27.4 Å². The summed E-state index contributed by atoms with van der Waals surface area (Å²) in [7, 11) is 0. The Balaban J connectivity index is 1.25. The van der Waals surface area contributed by atoms with E-state index in [2.05, 4.69) is 125 Å². The molecule has 0 unspecified atom stereocenters. The van der Waals surface area contributed by atoms with Crippen molar-refractivity contribution in [3.05, 3.63) is 148 Å². The molecule has 0 radical (unpaired) electrons. The normalized spacial score (nSPS) is 13.8. The topological polar surface area (TPSA) is 35.2 Å². The van der Waals surface area contributed by atoms with Crippen LogP contribution in [0.1, 0.15) is 41.6 Å². The van der Waals surface area contributed by atoms with Crippen LogP contribution in [0.3, 0.4) is 0 Å². The summed E-state index contributed by atoms with van der Waals surface area (Å²) in [5.41, 5.74) is 11.2. The van der Waals surface area contributed by atoms with Crippen molar-refractivity contribution in [1.82, 2.24) is 14.1 Å². The van der Waals surface area contributed by atoms with Crippen molar-refractivity contribution in [2.75, 3.05) is 4.90 Å². The van der Waals surface area contributed by atoms with Crippen LogP contribution in [0.25, 0.3) is 39.0 Å². The maximum atomic E-state index is 8.31. The van der Waals surface area contributed by atoms with Gasteiger partial charge in [0, 0.05) is 6.20 Å². The van der Waals surface area contributed by atoms with Crippen LogP contribution in [-0.4, -0.2) is 14.1 Å². The van der Waals surface area contributed by atoms with Crippen LogP contribution >= 0.6 is 0 Å². The Kier molecular flexibility index (Phi) is 6.92. The molecule has 7 aromatic rings. The average molecular weight is 825 g/mol. The van der Waals surface area contributed by atoms with Crippen molar-refractivity contribution < 1.29 is 28.2 Å². The fourth-order valence-electron chi connectivity index (χ4n) is 6.66. The zero-order chi connectivity index (χ0) is 36.4. The molecule has 0 saturated heterocycles. The Morgan fingerprint density at radius 1 is 0.755 bits per heavy atom. The van der Waals surface area contributed by atoms with Crippen LogP contribution in [0.4, 0.5) is 11.5 Å². The van der Waals surface area contributed by atoms with E-state index >= 15 is 0 Å². The van der Waals surface area contributed by atoms with Crippen LogP contribution in [-0.2, 0) is 38.3 Å². The second-order valence-electron chi connectivity index (χ2n) is 13.7. The van der Waals surface area contributed by atoms with Crippen LogP contribution in [0.2, 0.25) is 0 Å². The minimum absolute atomic E-state index is 0.200. The van der Waals surface area contributed by atoms with E-state index in [4.69, 9.17) is 13.8 Å². The molecule has 0 amide bonds. The summed E-state index contributed by atoms with van der Waals surface area (Å²) < 4.78 is 35.7. The Bertz CT molecular complexity index is 2550. The molecule has 49 heavy (non-hydrogen) atoms. The monoisotopic (exact) mass is 824 g/mol. The molecule has 0 atom stereocenters. The molecule has 1 aliphatic rings. The number of anilines is 2. The first kappa shape index (κ1) is 27.9. The molecule has 0 N–H and O–H groups in total. The first-order chi connectivity index (χ1) is 24.8. The number of nitrogens with zero attached hydrogens (tertiary/aromatic N) is 4. The Morgan fingerprint density at radius 3 is 2.31 bits per heavy atom. The summed E-state index contributed by atoms with van der Waals surface area (Å²) in [6, 6.07) is 41.5. The molecule has 0 spiro atoms. The zero-order valence-corrected chi connectivity index (χ0v) is 30.1. The van der Waals surface area contributed by atoms with Crippen LogP contribution < -0.4 is 9.64 Å². The van der Waals surface area contributed by atoms with E-state index in [9.17, 15) is 0 Å².